The van der Waals surface area contributed by atoms with E-state index in [1.165, 1.54) is 0 Å². The zero-order valence-electron chi connectivity index (χ0n) is 20.1. The van der Waals surface area contributed by atoms with E-state index in [1.54, 1.807) is 11.7 Å². The monoisotopic (exact) mass is 503 g/mol. The first-order valence-corrected chi connectivity index (χ1v) is 12.3. The molecule has 1 unspecified atom stereocenters. The fourth-order valence-electron chi connectivity index (χ4n) is 5.15. The predicted octanol–water partition coefficient (Wildman–Crippen LogP) is 3.02. The van der Waals surface area contributed by atoms with E-state index in [1.807, 2.05) is 65.3 Å². The largest absolute Gasteiger partial charge is 0.337 e. The first kappa shape index (κ1) is 22.6. The minimum atomic E-state index is -0.0500. The van der Waals surface area contributed by atoms with Gasteiger partial charge in [-0.2, -0.15) is 0 Å². The average Bonchev–Trinajstić information content (AvgIpc) is 3.38. The summed E-state index contributed by atoms with van der Waals surface area (Å²) in [4.78, 5) is 38.0. The van der Waals surface area contributed by atoms with Crippen molar-refractivity contribution in [3.05, 3.63) is 75.3 Å². The van der Waals surface area contributed by atoms with Crippen LogP contribution in [0.5, 0.6) is 0 Å². The van der Waals surface area contributed by atoms with Crippen LogP contribution in [-0.2, 0) is 13.6 Å². The molecule has 36 heavy (non-hydrogen) atoms. The number of hydrogen-bond donors (Lipinski definition) is 1. The molecular formula is C26H26ClN7O2. The summed E-state index contributed by atoms with van der Waals surface area (Å²) in [6.45, 7) is 5.24. The molecule has 10 heteroatoms. The van der Waals surface area contributed by atoms with E-state index in [0.29, 0.717) is 49.1 Å². The lowest BCUT2D eigenvalue weighted by Gasteiger charge is -2.36. The molecule has 2 aromatic heterocycles. The van der Waals surface area contributed by atoms with Crippen molar-refractivity contribution in [2.24, 2.45) is 7.05 Å². The van der Waals surface area contributed by atoms with Crippen LogP contribution >= 0.6 is 11.6 Å². The van der Waals surface area contributed by atoms with Gasteiger partial charge in [-0.25, -0.2) is 14.8 Å². The van der Waals surface area contributed by atoms with E-state index in [2.05, 4.69) is 20.2 Å². The van der Waals surface area contributed by atoms with Gasteiger partial charge in [0, 0.05) is 56.2 Å². The van der Waals surface area contributed by atoms with Crippen LogP contribution in [0.1, 0.15) is 11.1 Å². The molecule has 4 aromatic rings. The smallest absolute Gasteiger partial charge is 0.317 e. The molecule has 1 N–H and O–H groups in total. The predicted molar refractivity (Wildman–Crippen MR) is 140 cm³/mol. The Morgan fingerprint density at radius 1 is 1.06 bits per heavy atom. The number of aromatic nitrogens is 4. The number of carbonyl (C=O) groups is 1. The van der Waals surface area contributed by atoms with Crippen molar-refractivity contribution in [3.8, 4) is 11.1 Å². The van der Waals surface area contributed by atoms with Gasteiger partial charge in [0.15, 0.2) is 0 Å². The number of carbonyl (C=O) groups excluding carboxylic acids is 1. The maximum absolute atomic E-state index is 12.9. The molecule has 0 radical (unpaired) electrons. The number of aryl methyl sites for hydroxylation is 1. The van der Waals surface area contributed by atoms with Crippen molar-refractivity contribution in [3.63, 3.8) is 0 Å². The Morgan fingerprint density at radius 3 is 2.67 bits per heavy atom. The highest BCUT2D eigenvalue weighted by atomic mass is 35.5. The number of nitrogens with zero attached hydrogens (tertiary/aromatic N) is 6. The number of urea groups is 1. The Hall–Kier alpha value is -3.85. The molecule has 4 heterocycles. The summed E-state index contributed by atoms with van der Waals surface area (Å²) in [6, 6.07) is 11.9. The third kappa shape index (κ3) is 3.80. The first-order valence-electron chi connectivity index (χ1n) is 12.0. The first-order chi connectivity index (χ1) is 17.4. The number of nitrogens with one attached hydrogen (secondary N) is 1. The van der Waals surface area contributed by atoms with Crippen molar-refractivity contribution in [2.75, 3.05) is 31.1 Å². The third-order valence-corrected chi connectivity index (χ3v) is 7.54. The van der Waals surface area contributed by atoms with Crippen molar-refractivity contribution in [1.82, 2.24) is 29.5 Å². The number of fused-ring (bicyclic) bond motifs is 2. The lowest BCUT2D eigenvalue weighted by atomic mass is 10.1. The highest BCUT2D eigenvalue weighted by Crippen LogP contribution is 2.26. The van der Waals surface area contributed by atoms with E-state index in [0.717, 1.165) is 27.8 Å². The molecule has 2 fully saturated rings. The van der Waals surface area contributed by atoms with Gasteiger partial charge in [0.2, 0.25) is 5.95 Å². The molecule has 0 spiro atoms. The Bertz CT molecular complexity index is 1540. The molecule has 6 rings (SSSR count). The Labute approximate surface area is 212 Å². The summed E-state index contributed by atoms with van der Waals surface area (Å²) in [7, 11) is 1.77. The van der Waals surface area contributed by atoms with Crippen LogP contribution in [0, 0.1) is 6.92 Å². The van der Waals surface area contributed by atoms with Gasteiger partial charge in [0.1, 0.15) is 0 Å². The Morgan fingerprint density at radius 2 is 1.86 bits per heavy atom. The van der Waals surface area contributed by atoms with E-state index in [4.69, 9.17) is 11.6 Å². The van der Waals surface area contributed by atoms with Crippen molar-refractivity contribution < 1.29 is 4.79 Å². The summed E-state index contributed by atoms with van der Waals surface area (Å²) in [6.07, 6.45) is 3.63. The zero-order valence-corrected chi connectivity index (χ0v) is 20.9. The van der Waals surface area contributed by atoms with Crippen LogP contribution in [0.15, 0.2) is 53.6 Å². The van der Waals surface area contributed by atoms with Gasteiger partial charge in [0.05, 0.1) is 23.5 Å². The van der Waals surface area contributed by atoms with Crippen LogP contribution in [0.2, 0.25) is 5.02 Å². The molecule has 0 bridgehead atoms. The summed E-state index contributed by atoms with van der Waals surface area (Å²) in [5.41, 5.74) is 4.65. The zero-order chi connectivity index (χ0) is 25.0. The molecule has 2 aliphatic rings. The van der Waals surface area contributed by atoms with Crippen LogP contribution in [0.4, 0.5) is 10.7 Å². The van der Waals surface area contributed by atoms with Gasteiger partial charge in [-0.1, -0.05) is 35.4 Å². The molecule has 1 atom stereocenters. The molecule has 0 aliphatic carbocycles. The van der Waals surface area contributed by atoms with E-state index < -0.39 is 0 Å². The highest BCUT2D eigenvalue weighted by molar-refractivity contribution is 6.31. The minimum absolute atomic E-state index is 0.00960. The Balaban J connectivity index is 1.30. The second-order valence-corrected chi connectivity index (χ2v) is 9.87. The number of halogens is 1. The Kier molecular flexibility index (Phi) is 5.44. The van der Waals surface area contributed by atoms with Crippen molar-refractivity contribution >= 4 is 34.5 Å². The quantitative estimate of drug-likeness (QED) is 0.462. The van der Waals surface area contributed by atoms with E-state index in [-0.39, 0.29) is 17.6 Å². The van der Waals surface area contributed by atoms with Gasteiger partial charge in [-0.15, -0.1) is 0 Å². The standard InChI is InChI=1S/C26H26ClN7O2/c1-16-3-6-22(27)18(9-16)14-34-23-10-17(4-5-21(23)24(35)31(34)2)19-11-28-25(29-12-19)32-7-8-33-20(15-32)13-30-26(33)36/h3-6,9-12,20H,7-8,13-15H2,1-2H3,(H,30,36). The molecule has 2 aliphatic heterocycles. The molecule has 9 nitrogen and oxygen atoms in total. The number of rotatable bonds is 4. The molecule has 0 saturated carbocycles. The van der Waals surface area contributed by atoms with Crippen molar-refractivity contribution in [2.45, 2.75) is 19.5 Å². The second kappa shape index (κ2) is 8.67. The normalized spacial score (nSPS) is 17.5. The van der Waals surface area contributed by atoms with Gasteiger partial charge in [-0.3, -0.25) is 14.2 Å². The molecule has 2 aromatic carbocycles. The molecule has 2 amide bonds. The lowest BCUT2D eigenvalue weighted by Crippen LogP contribution is -2.52. The van der Waals surface area contributed by atoms with Gasteiger partial charge in [0.25, 0.3) is 5.56 Å². The second-order valence-electron chi connectivity index (χ2n) is 9.46. The van der Waals surface area contributed by atoms with Gasteiger partial charge in [-0.05, 0) is 36.2 Å². The molecule has 184 valence electrons. The summed E-state index contributed by atoms with van der Waals surface area (Å²) < 4.78 is 3.59. The maximum atomic E-state index is 12.9. The van der Waals surface area contributed by atoms with Gasteiger partial charge < -0.3 is 15.1 Å². The third-order valence-electron chi connectivity index (χ3n) is 7.17. The number of anilines is 1. The van der Waals surface area contributed by atoms with E-state index >= 15 is 0 Å². The lowest BCUT2D eigenvalue weighted by molar-refractivity contribution is 0.197. The fourth-order valence-corrected chi connectivity index (χ4v) is 5.33. The highest BCUT2D eigenvalue weighted by Gasteiger charge is 2.36. The van der Waals surface area contributed by atoms with Crippen LogP contribution in [0.3, 0.4) is 0 Å². The topological polar surface area (TPSA) is 88.3 Å². The number of amides is 2. The SMILES string of the molecule is Cc1ccc(Cl)c(Cn2c3cc(-c4cnc(N5CCN6C(=O)NCC6C5)nc4)ccc3c(=O)n2C)c1. The van der Waals surface area contributed by atoms with Crippen LogP contribution < -0.4 is 15.8 Å². The van der Waals surface area contributed by atoms with Crippen LogP contribution in [0.25, 0.3) is 22.0 Å². The summed E-state index contributed by atoms with van der Waals surface area (Å²) >= 11 is 6.46. The maximum Gasteiger partial charge on any atom is 0.317 e. The summed E-state index contributed by atoms with van der Waals surface area (Å²) in [5.74, 6) is 0.657. The van der Waals surface area contributed by atoms with Crippen molar-refractivity contribution in [1.29, 1.82) is 0 Å². The van der Waals surface area contributed by atoms with Gasteiger partial charge >= 0.3 is 6.03 Å². The minimum Gasteiger partial charge on any atom is -0.337 e. The number of benzene rings is 2. The number of hydrogen-bond acceptors (Lipinski definition) is 5. The van der Waals surface area contributed by atoms with E-state index in [9.17, 15) is 9.59 Å². The summed E-state index contributed by atoms with van der Waals surface area (Å²) in [5, 5.41) is 4.22. The number of piperazine rings is 1. The van der Waals surface area contributed by atoms with Crippen LogP contribution in [-0.4, -0.2) is 62.5 Å². The molecular weight excluding hydrogens is 478 g/mol. The fraction of sp³-hybridized carbons (Fsp3) is 0.308. The average molecular weight is 504 g/mol. The molecule has 2 saturated heterocycles.